The van der Waals surface area contributed by atoms with Gasteiger partial charge in [0, 0.05) is 0 Å². The summed E-state index contributed by atoms with van der Waals surface area (Å²) in [7, 11) is 0. The summed E-state index contributed by atoms with van der Waals surface area (Å²) in [6, 6.07) is 11.4. The Kier molecular flexibility index (Phi) is 7.58. The van der Waals surface area contributed by atoms with Crippen LogP contribution in [0.3, 0.4) is 0 Å². The standard InChI is InChI=1S/C13H15.BrH.Mg/c1-11-7-9-13(10-8-11)12-5-3-2-4-6-12;;/h3-6,9,11H,7-8,10H2,1H3;1H;/q-1;;+2/p-1. The molecule has 0 aromatic heterocycles. The second-order valence-electron chi connectivity index (χ2n) is 3.90. The van der Waals surface area contributed by atoms with Gasteiger partial charge in [0.2, 0.25) is 0 Å². The van der Waals surface area contributed by atoms with Crippen molar-refractivity contribution in [1.82, 2.24) is 0 Å². The molecule has 0 spiro atoms. The first kappa shape index (κ1) is 15.2. The van der Waals surface area contributed by atoms with Crippen LogP contribution in [0.1, 0.15) is 31.7 Å². The number of hydrogen-bond donors (Lipinski definition) is 0. The first-order chi connectivity index (χ1) is 6.36. The second-order valence-corrected chi connectivity index (χ2v) is 3.90. The van der Waals surface area contributed by atoms with Crippen LogP contribution < -0.4 is 17.0 Å². The minimum absolute atomic E-state index is 0. The summed E-state index contributed by atoms with van der Waals surface area (Å²) in [4.78, 5) is 0. The molecule has 0 heterocycles. The molecule has 76 valence electrons. The molecule has 1 aromatic carbocycles. The van der Waals surface area contributed by atoms with E-state index in [9.17, 15) is 0 Å². The number of halogens is 1. The normalized spacial score (nSPS) is 19.5. The van der Waals surface area contributed by atoms with E-state index in [2.05, 4.69) is 31.2 Å². The van der Waals surface area contributed by atoms with Crippen molar-refractivity contribution >= 4 is 28.6 Å². The van der Waals surface area contributed by atoms with Crippen LogP contribution in [0.25, 0.3) is 5.57 Å². The Labute approximate surface area is 119 Å². The third kappa shape index (κ3) is 4.29. The van der Waals surface area contributed by atoms with Crippen molar-refractivity contribution in [2.75, 3.05) is 0 Å². The average molecular weight is 275 g/mol. The first-order valence-corrected chi connectivity index (χ1v) is 5.02. The van der Waals surface area contributed by atoms with E-state index in [1.165, 1.54) is 30.4 Å². The minimum atomic E-state index is 0. The van der Waals surface area contributed by atoms with Crippen LogP contribution in [-0.2, 0) is 0 Å². The van der Waals surface area contributed by atoms with Crippen molar-refractivity contribution in [3.8, 4) is 0 Å². The maximum atomic E-state index is 3.05. The van der Waals surface area contributed by atoms with Crippen LogP contribution in [0.2, 0.25) is 0 Å². The topological polar surface area (TPSA) is 0 Å². The zero-order chi connectivity index (χ0) is 9.10. The van der Waals surface area contributed by atoms with E-state index in [-0.39, 0.29) is 40.0 Å². The Balaban J connectivity index is 0.000000980. The fourth-order valence-electron chi connectivity index (χ4n) is 1.83. The molecule has 0 fully saturated rings. The molecular weight excluding hydrogens is 260 g/mol. The average Bonchev–Trinajstić information content (AvgIpc) is 2.20. The molecule has 15 heavy (non-hydrogen) atoms. The summed E-state index contributed by atoms with van der Waals surface area (Å²) in [6.07, 6.45) is 6.22. The fourth-order valence-corrected chi connectivity index (χ4v) is 1.83. The Hall–Kier alpha value is 0.206. The van der Waals surface area contributed by atoms with E-state index in [0.29, 0.717) is 0 Å². The van der Waals surface area contributed by atoms with Gasteiger partial charge in [-0.2, -0.15) is 30.3 Å². The third-order valence-electron chi connectivity index (χ3n) is 2.76. The van der Waals surface area contributed by atoms with Crippen molar-refractivity contribution in [2.24, 2.45) is 5.92 Å². The molecule has 0 N–H and O–H groups in total. The van der Waals surface area contributed by atoms with Gasteiger partial charge in [-0.15, -0.1) is 5.56 Å². The number of hydrogen-bond acceptors (Lipinski definition) is 0. The quantitative estimate of drug-likeness (QED) is 0.511. The summed E-state index contributed by atoms with van der Waals surface area (Å²) in [5, 5.41) is 0. The fraction of sp³-hybridized carbons (Fsp3) is 0.385. The SMILES string of the molecule is CC1CC=C(c2cc[c-]cc2)CC1.[Br-].[Mg+2]. The Morgan fingerprint density at radius 1 is 1.27 bits per heavy atom. The Bertz CT molecular complexity index is 306. The zero-order valence-corrected chi connectivity index (χ0v) is 12.2. The van der Waals surface area contributed by atoms with Crippen LogP contribution in [0.5, 0.6) is 0 Å². The first-order valence-electron chi connectivity index (χ1n) is 5.02. The van der Waals surface area contributed by atoms with Crippen LogP contribution in [0.15, 0.2) is 30.3 Å². The molecule has 0 radical (unpaired) electrons. The van der Waals surface area contributed by atoms with Crippen LogP contribution >= 0.6 is 0 Å². The van der Waals surface area contributed by atoms with E-state index >= 15 is 0 Å². The predicted octanol–water partition coefficient (Wildman–Crippen LogP) is 0.313. The van der Waals surface area contributed by atoms with Gasteiger partial charge in [0.15, 0.2) is 0 Å². The van der Waals surface area contributed by atoms with Gasteiger partial charge in [0.1, 0.15) is 0 Å². The van der Waals surface area contributed by atoms with Crippen molar-refractivity contribution in [1.29, 1.82) is 0 Å². The van der Waals surface area contributed by atoms with Gasteiger partial charge in [0.05, 0.1) is 0 Å². The van der Waals surface area contributed by atoms with Gasteiger partial charge in [0.25, 0.3) is 0 Å². The van der Waals surface area contributed by atoms with Crippen LogP contribution in [0.4, 0.5) is 0 Å². The number of allylic oxidation sites excluding steroid dienone is 2. The maximum absolute atomic E-state index is 3.05. The molecule has 0 saturated carbocycles. The molecule has 1 aromatic rings. The zero-order valence-electron chi connectivity index (χ0n) is 9.17. The van der Waals surface area contributed by atoms with Crippen molar-refractivity contribution in [2.45, 2.75) is 26.2 Å². The molecule has 0 nitrogen and oxygen atoms in total. The van der Waals surface area contributed by atoms with Gasteiger partial charge in [-0.1, -0.05) is 18.6 Å². The number of benzene rings is 1. The maximum Gasteiger partial charge on any atom is 2.00 e. The molecule has 2 rings (SSSR count). The summed E-state index contributed by atoms with van der Waals surface area (Å²) in [5.41, 5.74) is 2.90. The molecule has 0 aliphatic heterocycles. The molecule has 0 bridgehead atoms. The summed E-state index contributed by atoms with van der Waals surface area (Å²) in [6.45, 7) is 2.33. The second kappa shape index (κ2) is 7.47. The molecular formula is C13H15BrMg. The molecule has 1 unspecified atom stereocenters. The number of rotatable bonds is 1. The van der Waals surface area contributed by atoms with Gasteiger partial charge in [-0.05, 0) is 25.2 Å². The van der Waals surface area contributed by atoms with Crippen LogP contribution in [0, 0.1) is 12.0 Å². The molecule has 1 atom stereocenters. The summed E-state index contributed by atoms with van der Waals surface area (Å²) >= 11 is 0. The van der Waals surface area contributed by atoms with E-state index in [1.54, 1.807) is 0 Å². The van der Waals surface area contributed by atoms with Gasteiger partial charge in [-0.3, -0.25) is 0 Å². The molecule has 0 amide bonds. The minimum Gasteiger partial charge on any atom is -1.00 e. The van der Waals surface area contributed by atoms with Crippen molar-refractivity contribution < 1.29 is 17.0 Å². The monoisotopic (exact) mass is 274 g/mol. The van der Waals surface area contributed by atoms with Crippen LogP contribution in [-0.4, -0.2) is 23.1 Å². The predicted molar refractivity (Wildman–Crippen MR) is 62.0 cm³/mol. The van der Waals surface area contributed by atoms with Crippen molar-refractivity contribution in [3.63, 3.8) is 0 Å². The smallest absolute Gasteiger partial charge is 1.00 e. The molecule has 0 saturated heterocycles. The van der Waals surface area contributed by atoms with Gasteiger partial charge >= 0.3 is 23.1 Å². The largest absolute Gasteiger partial charge is 2.00 e. The Morgan fingerprint density at radius 3 is 2.47 bits per heavy atom. The third-order valence-corrected chi connectivity index (χ3v) is 2.76. The van der Waals surface area contributed by atoms with E-state index in [4.69, 9.17) is 0 Å². The summed E-state index contributed by atoms with van der Waals surface area (Å²) in [5.74, 6) is 0.874. The van der Waals surface area contributed by atoms with Gasteiger partial charge in [-0.25, -0.2) is 0 Å². The van der Waals surface area contributed by atoms with E-state index < -0.39 is 0 Å². The van der Waals surface area contributed by atoms with Crippen molar-refractivity contribution in [3.05, 3.63) is 42.0 Å². The van der Waals surface area contributed by atoms with E-state index in [1.807, 2.05) is 12.1 Å². The summed E-state index contributed by atoms with van der Waals surface area (Å²) < 4.78 is 0. The molecule has 2 heteroatoms. The molecule has 1 aliphatic carbocycles. The molecule has 1 aliphatic rings. The Morgan fingerprint density at radius 2 is 1.93 bits per heavy atom. The van der Waals surface area contributed by atoms with E-state index in [0.717, 1.165) is 5.92 Å². The van der Waals surface area contributed by atoms with Gasteiger partial charge < -0.3 is 17.0 Å².